The third kappa shape index (κ3) is 1.38. The first kappa shape index (κ1) is 9.71. The van der Waals surface area contributed by atoms with Crippen LogP contribution in [0.1, 0.15) is 16.8 Å². The van der Waals surface area contributed by atoms with Gasteiger partial charge in [-0.2, -0.15) is 0 Å². The number of rotatable bonds is 1. The molecule has 0 radical (unpaired) electrons. The maximum absolute atomic E-state index is 11.4. The molecule has 0 amide bonds. The van der Waals surface area contributed by atoms with Crippen LogP contribution in [0.25, 0.3) is 5.70 Å². The summed E-state index contributed by atoms with van der Waals surface area (Å²) >= 11 is 0. The molecule has 1 aliphatic rings. The third-order valence-electron chi connectivity index (χ3n) is 2.61. The van der Waals surface area contributed by atoms with E-state index >= 15 is 0 Å². The van der Waals surface area contributed by atoms with E-state index in [1.807, 2.05) is 13.0 Å². The summed E-state index contributed by atoms with van der Waals surface area (Å²) in [7, 11) is 1.35. The molecule has 0 aromatic carbocycles. The molecule has 1 aromatic heterocycles. The lowest BCUT2D eigenvalue weighted by atomic mass is 10.1. The molecule has 0 fully saturated rings. The van der Waals surface area contributed by atoms with E-state index in [-0.39, 0.29) is 5.97 Å². The van der Waals surface area contributed by atoms with Gasteiger partial charge in [0.1, 0.15) is 0 Å². The highest BCUT2D eigenvalue weighted by atomic mass is 16.5. The van der Waals surface area contributed by atoms with Crippen molar-refractivity contribution in [1.82, 2.24) is 4.98 Å². The summed E-state index contributed by atoms with van der Waals surface area (Å²) in [5, 5.41) is 0. The van der Waals surface area contributed by atoms with Gasteiger partial charge in [-0.3, -0.25) is 4.98 Å². The van der Waals surface area contributed by atoms with Gasteiger partial charge in [0, 0.05) is 18.2 Å². The Morgan fingerprint density at radius 3 is 2.93 bits per heavy atom. The molecule has 4 nitrogen and oxygen atoms in total. The van der Waals surface area contributed by atoms with Crippen molar-refractivity contribution in [3.8, 4) is 0 Å². The van der Waals surface area contributed by atoms with Crippen molar-refractivity contribution in [2.24, 2.45) is 5.73 Å². The Labute approximate surface area is 87.8 Å². The number of esters is 1. The van der Waals surface area contributed by atoms with Crippen LogP contribution in [-0.4, -0.2) is 18.1 Å². The number of hydrogen-bond acceptors (Lipinski definition) is 4. The molecule has 0 spiro atoms. The van der Waals surface area contributed by atoms with E-state index in [9.17, 15) is 4.79 Å². The average molecular weight is 204 g/mol. The van der Waals surface area contributed by atoms with Gasteiger partial charge in [0.25, 0.3) is 0 Å². The van der Waals surface area contributed by atoms with Gasteiger partial charge in [-0.1, -0.05) is 0 Å². The van der Waals surface area contributed by atoms with Crippen molar-refractivity contribution in [2.45, 2.75) is 13.3 Å². The largest absolute Gasteiger partial charge is 0.466 e. The maximum atomic E-state index is 11.4. The number of nitrogens with two attached hydrogens (primary N) is 1. The fourth-order valence-electron chi connectivity index (χ4n) is 1.84. The predicted octanol–water partition coefficient (Wildman–Crippen LogP) is 0.789. The Morgan fingerprint density at radius 1 is 1.60 bits per heavy atom. The van der Waals surface area contributed by atoms with Crippen LogP contribution < -0.4 is 5.73 Å². The SMILES string of the molecule is COC(=O)C1=C(N)c2c(C)ccnc2C1. The Bertz CT molecular complexity index is 464. The van der Waals surface area contributed by atoms with Crippen molar-refractivity contribution in [3.63, 3.8) is 0 Å². The number of carbonyl (C=O) groups excluding carboxylic acids is 1. The zero-order valence-corrected chi connectivity index (χ0v) is 8.70. The molecular formula is C11H12N2O2. The highest BCUT2D eigenvalue weighted by Gasteiger charge is 2.27. The predicted molar refractivity (Wildman–Crippen MR) is 55.8 cm³/mol. The Hall–Kier alpha value is -1.84. The fourth-order valence-corrected chi connectivity index (χ4v) is 1.84. The number of methoxy groups -OCH3 is 1. The molecule has 0 atom stereocenters. The molecule has 0 aliphatic heterocycles. The number of nitrogens with zero attached hydrogens (tertiary/aromatic N) is 1. The Morgan fingerprint density at radius 2 is 2.33 bits per heavy atom. The average Bonchev–Trinajstić information content (AvgIpc) is 2.56. The van der Waals surface area contributed by atoms with E-state index in [2.05, 4.69) is 9.72 Å². The summed E-state index contributed by atoms with van der Waals surface area (Å²) in [6, 6.07) is 1.88. The van der Waals surface area contributed by atoms with Crippen LogP contribution in [0.3, 0.4) is 0 Å². The minimum atomic E-state index is -0.370. The van der Waals surface area contributed by atoms with Crippen molar-refractivity contribution in [1.29, 1.82) is 0 Å². The van der Waals surface area contributed by atoms with E-state index in [1.165, 1.54) is 7.11 Å². The van der Waals surface area contributed by atoms with Gasteiger partial charge in [0.05, 0.1) is 24.1 Å². The van der Waals surface area contributed by atoms with Gasteiger partial charge in [-0.15, -0.1) is 0 Å². The van der Waals surface area contributed by atoms with E-state index in [4.69, 9.17) is 5.73 Å². The number of aryl methyl sites for hydroxylation is 1. The van der Waals surface area contributed by atoms with E-state index in [1.54, 1.807) is 6.20 Å². The quantitative estimate of drug-likeness (QED) is 0.687. The fraction of sp³-hybridized carbons (Fsp3) is 0.273. The lowest BCUT2D eigenvalue weighted by Crippen LogP contribution is -2.08. The summed E-state index contributed by atoms with van der Waals surface area (Å²) in [4.78, 5) is 15.6. The molecule has 15 heavy (non-hydrogen) atoms. The molecule has 2 rings (SSSR count). The van der Waals surface area contributed by atoms with E-state index in [0.29, 0.717) is 17.7 Å². The zero-order chi connectivity index (χ0) is 11.0. The highest BCUT2D eigenvalue weighted by molar-refractivity contribution is 6.00. The third-order valence-corrected chi connectivity index (χ3v) is 2.61. The van der Waals surface area contributed by atoms with Gasteiger partial charge in [0.15, 0.2) is 0 Å². The van der Waals surface area contributed by atoms with Crippen LogP contribution >= 0.6 is 0 Å². The molecule has 1 aliphatic carbocycles. The van der Waals surface area contributed by atoms with Gasteiger partial charge in [0.2, 0.25) is 0 Å². The van der Waals surface area contributed by atoms with Crippen molar-refractivity contribution >= 4 is 11.7 Å². The van der Waals surface area contributed by atoms with Crippen LogP contribution in [0, 0.1) is 6.92 Å². The Kier molecular flexibility index (Phi) is 2.19. The normalized spacial score (nSPS) is 14.0. The second-order valence-electron chi connectivity index (χ2n) is 3.51. The summed E-state index contributed by atoms with van der Waals surface area (Å²) < 4.78 is 4.67. The summed E-state index contributed by atoms with van der Waals surface area (Å²) in [5.74, 6) is -0.370. The van der Waals surface area contributed by atoms with Crippen LogP contribution in [0.4, 0.5) is 0 Å². The second-order valence-corrected chi connectivity index (χ2v) is 3.51. The number of fused-ring (bicyclic) bond motifs is 1. The molecular weight excluding hydrogens is 192 g/mol. The smallest absolute Gasteiger partial charge is 0.336 e. The number of aromatic nitrogens is 1. The minimum absolute atomic E-state index is 0.370. The first-order valence-electron chi connectivity index (χ1n) is 4.67. The number of carbonyl (C=O) groups is 1. The lowest BCUT2D eigenvalue weighted by molar-refractivity contribution is -0.136. The monoisotopic (exact) mass is 204 g/mol. The van der Waals surface area contributed by atoms with Crippen LogP contribution in [0.2, 0.25) is 0 Å². The van der Waals surface area contributed by atoms with Gasteiger partial charge in [-0.25, -0.2) is 4.79 Å². The lowest BCUT2D eigenvalue weighted by Gasteiger charge is -2.03. The minimum Gasteiger partial charge on any atom is -0.466 e. The standard InChI is InChI=1S/C11H12N2O2/c1-6-3-4-13-8-5-7(11(14)15-2)10(12)9(6)8/h3-4H,5,12H2,1-2H3. The van der Waals surface area contributed by atoms with Crippen molar-refractivity contribution in [2.75, 3.05) is 7.11 Å². The molecule has 78 valence electrons. The summed E-state index contributed by atoms with van der Waals surface area (Å²) in [5.41, 5.74) is 9.70. The molecule has 0 bridgehead atoms. The summed E-state index contributed by atoms with van der Waals surface area (Å²) in [6.45, 7) is 1.95. The highest BCUT2D eigenvalue weighted by Crippen LogP contribution is 2.30. The van der Waals surface area contributed by atoms with Crippen molar-refractivity contribution < 1.29 is 9.53 Å². The molecule has 0 saturated heterocycles. The second kappa shape index (κ2) is 3.38. The molecule has 0 saturated carbocycles. The first-order valence-corrected chi connectivity index (χ1v) is 4.67. The molecule has 1 aromatic rings. The molecule has 2 N–H and O–H groups in total. The van der Waals surface area contributed by atoms with E-state index < -0.39 is 0 Å². The topological polar surface area (TPSA) is 65.2 Å². The maximum Gasteiger partial charge on any atom is 0.336 e. The van der Waals surface area contributed by atoms with Crippen molar-refractivity contribution in [3.05, 3.63) is 34.7 Å². The van der Waals surface area contributed by atoms with Gasteiger partial charge >= 0.3 is 5.97 Å². The van der Waals surface area contributed by atoms with Gasteiger partial charge in [-0.05, 0) is 18.6 Å². The van der Waals surface area contributed by atoms with Crippen LogP contribution in [0.15, 0.2) is 17.8 Å². The zero-order valence-electron chi connectivity index (χ0n) is 8.70. The number of ether oxygens (including phenoxy) is 1. The first-order chi connectivity index (χ1) is 7.15. The Balaban J connectivity index is 2.52. The van der Waals surface area contributed by atoms with Gasteiger partial charge < -0.3 is 10.5 Å². The molecule has 1 heterocycles. The number of hydrogen-bond donors (Lipinski definition) is 1. The van der Waals surface area contributed by atoms with Crippen LogP contribution in [0.5, 0.6) is 0 Å². The van der Waals surface area contributed by atoms with E-state index in [0.717, 1.165) is 16.8 Å². The summed E-state index contributed by atoms with van der Waals surface area (Å²) in [6.07, 6.45) is 2.19. The molecule has 4 heteroatoms. The van der Waals surface area contributed by atoms with Crippen LogP contribution in [-0.2, 0) is 16.0 Å². The molecule has 0 unspecified atom stereocenters. The number of pyridine rings is 1.